The average molecular weight is 194 g/mol. The molecule has 0 fully saturated rings. The summed E-state index contributed by atoms with van der Waals surface area (Å²) in [7, 11) is 0. The molecule has 0 saturated heterocycles. The molecule has 1 radical (unpaired) electrons. The Morgan fingerprint density at radius 3 is 1.73 bits per heavy atom. The monoisotopic (exact) mass is 193 g/mol. The zero-order valence-corrected chi connectivity index (χ0v) is 6.60. The second-order valence-corrected chi connectivity index (χ2v) is 2.05. The van der Waals surface area contributed by atoms with E-state index in [1.807, 2.05) is 24.3 Å². The standard InChI is InChI=1S/C8H6N2.Cu/c1-3-7-8(9-5-1)4-2-6-10-7;/h1-6H;. The maximum atomic E-state index is 4.12. The Kier molecular flexibility index (Phi) is 2.58. The molecule has 0 aliphatic heterocycles. The van der Waals surface area contributed by atoms with E-state index in [1.165, 1.54) is 0 Å². The Balaban J connectivity index is 0.000000605. The molecule has 59 valence electrons. The minimum Gasteiger partial charge on any atom is -0.255 e. The first-order valence-corrected chi connectivity index (χ1v) is 3.12. The Bertz CT molecular complexity index is 283. The topological polar surface area (TPSA) is 25.8 Å². The molecule has 0 spiro atoms. The summed E-state index contributed by atoms with van der Waals surface area (Å²) in [5.74, 6) is 0. The van der Waals surface area contributed by atoms with Crippen LogP contribution in [0.4, 0.5) is 0 Å². The van der Waals surface area contributed by atoms with Gasteiger partial charge in [-0.05, 0) is 24.3 Å². The fourth-order valence-corrected chi connectivity index (χ4v) is 0.904. The maximum absolute atomic E-state index is 4.12. The molecule has 0 N–H and O–H groups in total. The molecular weight excluding hydrogens is 188 g/mol. The van der Waals surface area contributed by atoms with Crippen molar-refractivity contribution in [2.45, 2.75) is 0 Å². The largest absolute Gasteiger partial charge is 0.255 e. The van der Waals surface area contributed by atoms with Crippen LogP contribution in [-0.2, 0) is 17.1 Å². The van der Waals surface area contributed by atoms with E-state index in [0.717, 1.165) is 11.0 Å². The van der Waals surface area contributed by atoms with E-state index in [2.05, 4.69) is 9.97 Å². The van der Waals surface area contributed by atoms with Crippen LogP contribution in [0.15, 0.2) is 36.7 Å². The normalized spacial score (nSPS) is 9.09. The maximum Gasteiger partial charge on any atom is 0.0886 e. The van der Waals surface area contributed by atoms with Crippen molar-refractivity contribution in [2.75, 3.05) is 0 Å². The van der Waals surface area contributed by atoms with Crippen LogP contribution in [-0.4, -0.2) is 9.97 Å². The molecule has 0 saturated carbocycles. The first-order valence-electron chi connectivity index (χ1n) is 3.12. The third-order valence-electron chi connectivity index (χ3n) is 1.37. The SMILES string of the molecule is [Cu].c1cnc2cccnc2c1. The zero-order valence-electron chi connectivity index (χ0n) is 5.66. The van der Waals surface area contributed by atoms with Gasteiger partial charge < -0.3 is 0 Å². The van der Waals surface area contributed by atoms with Gasteiger partial charge in [0, 0.05) is 29.5 Å². The molecule has 0 unspecified atom stereocenters. The van der Waals surface area contributed by atoms with Crippen molar-refractivity contribution < 1.29 is 17.1 Å². The minimum atomic E-state index is 0. The van der Waals surface area contributed by atoms with Crippen molar-refractivity contribution in [1.29, 1.82) is 0 Å². The van der Waals surface area contributed by atoms with Gasteiger partial charge in [-0.1, -0.05) is 0 Å². The number of hydrogen-bond donors (Lipinski definition) is 0. The summed E-state index contributed by atoms with van der Waals surface area (Å²) in [6.07, 6.45) is 3.54. The fourth-order valence-electron chi connectivity index (χ4n) is 0.904. The molecular formula is C8H6CuN2. The van der Waals surface area contributed by atoms with E-state index in [0.29, 0.717) is 0 Å². The van der Waals surface area contributed by atoms with Gasteiger partial charge in [0.1, 0.15) is 0 Å². The van der Waals surface area contributed by atoms with Gasteiger partial charge in [0.2, 0.25) is 0 Å². The second-order valence-electron chi connectivity index (χ2n) is 2.05. The van der Waals surface area contributed by atoms with E-state index in [4.69, 9.17) is 0 Å². The van der Waals surface area contributed by atoms with Crippen molar-refractivity contribution in [1.82, 2.24) is 9.97 Å². The molecule has 0 amide bonds. The van der Waals surface area contributed by atoms with Crippen molar-refractivity contribution in [3.8, 4) is 0 Å². The van der Waals surface area contributed by atoms with Crippen LogP contribution in [0.1, 0.15) is 0 Å². The van der Waals surface area contributed by atoms with E-state index in [-0.39, 0.29) is 17.1 Å². The number of nitrogens with zero attached hydrogens (tertiary/aromatic N) is 2. The van der Waals surface area contributed by atoms with Gasteiger partial charge in [-0.3, -0.25) is 9.97 Å². The second kappa shape index (κ2) is 3.46. The van der Waals surface area contributed by atoms with Crippen LogP contribution in [0, 0.1) is 0 Å². The molecule has 3 heteroatoms. The molecule has 0 atom stereocenters. The van der Waals surface area contributed by atoms with Crippen LogP contribution in [0.3, 0.4) is 0 Å². The van der Waals surface area contributed by atoms with Crippen molar-refractivity contribution in [3.63, 3.8) is 0 Å². The van der Waals surface area contributed by atoms with Gasteiger partial charge in [0.25, 0.3) is 0 Å². The van der Waals surface area contributed by atoms with Gasteiger partial charge in [0.05, 0.1) is 11.0 Å². The zero-order chi connectivity index (χ0) is 6.81. The Morgan fingerprint density at radius 2 is 1.27 bits per heavy atom. The predicted octanol–water partition coefficient (Wildman–Crippen LogP) is 1.63. The molecule has 2 aromatic rings. The number of aromatic nitrogens is 2. The summed E-state index contributed by atoms with van der Waals surface area (Å²) < 4.78 is 0. The molecule has 2 nitrogen and oxygen atoms in total. The number of rotatable bonds is 0. The Hall–Kier alpha value is -0.921. The molecule has 11 heavy (non-hydrogen) atoms. The van der Waals surface area contributed by atoms with Crippen molar-refractivity contribution >= 4 is 11.0 Å². The molecule has 2 aromatic heterocycles. The number of pyridine rings is 2. The van der Waals surface area contributed by atoms with Gasteiger partial charge in [0.15, 0.2) is 0 Å². The van der Waals surface area contributed by atoms with Crippen LogP contribution in [0.25, 0.3) is 11.0 Å². The molecule has 0 bridgehead atoms. The number of hydrogen-bond acceptors (Lipinski definition) is 2. The summed E-state index contributed by atoms with van der Waals surface area (Å²) in [6.45, 7) is 0. The molecule has 0 aliphatic carbocycles. The molecule has 0 aromatic carbocycles. The first-order chi connectivity index (χ1) is 4.97. The third-order valence-corrected chi connectivity index (χ3v) is 1.37. The van der Waals surface area contributed by atoms with E-state index < -0.39 is 0 Å². The fraction of sp³-hybridized carbons (Fsp3) is 0. The van der Waals surface area contributed by atoms with E-state index in [1.54, 1.807) is 12.4 Å². The minimum absolute atomic E-state index is 0. The van der Waals surface area contributed by atoms with Crippen molar-refractivity contribution in [2.24, 2.45) is 0 Å². The predicted molar refractivity (Wildman–Crippen MR) is 39.5 cm³/mol. The average Bonchev–Trinajstić information content (AvgIpc) is 2.05. The van der Waals surface area contributed by atoms with Gasteiger partial charge in [-0.2, -0.15) is 0 Å². The van der Waals surface area contributed by atoms with Crippen LogP contribution < -0.4 is 0 Å². The molecule has 2 rings (SSSR count). The molecule has 0 aliphatic rings. The van der Waals surface area contributed by atoms with Crippen molar-refractivity contribution in [3.05, 3.63) is 36.7 Å². The van der Waals surface area contributed by atoms with Gasteiger partial charge in [-0.15, -0.1) is 0 Å². The van der Waals surface area contributed by atoms with E-state index in [9.17, 15) is 0 Å². The Labute approximate surface area is 75.1 Å². The summed E-state index contributed by atoms with van der Waals surface area (Å²) in [4.78, 5) is 8.24. The third kappa shape index (κ3) is 1.56. The molecule has 2 heterocycles. The smallest absolute Gasteiger partial charge is 0.0886 e. The van der Waals surface area contributed by atoms with Crippen LogP contribution in [0.2, 0.25) is 0 Å². The Morgan fingerprint density at radius 1 is 0.818 bits per heavy atom. The number of fused-ring (bicyclic) bond motifs is 1. The summed E-state index contributed by atoms with van der Waals surface area (Å²) >= 11 is 0. The van der Waals surface area contributed by atoms with Gasteiger partial charge in [-0.25, -0.2) is 0 Å². The summed E-state index contributed by atoms with van der Waals surface area (Å²) in [5, 5.41) is 0. The van der Waals surface area contributed by atoms with E-state index >= 15 is 0 Å². The first kappa shape index (κ1) is 8.18. The summed E-state index contributed by atoms with van der Waals surface area (Å²) in [5.41, 5.74) is 1.90. The summed E-state index contributed by atoms with van der Waals surface area (Å²) in [6, 6.07) is 7.66. The van der Waals surface area contributed by atoms with Crippen LogP contribution >= 0.6 is 0 Å². The van der Waals surface area contributed by atoms with Crippen LogP contribution in [0.5, 0.6) is 0 Å². The quantitative estimate of drug-likeness (QED) is 0.595. The van der Waals surface area contributed by atoms with Gasteiger partial charge >= 0.3 is 0 Å².